The average Bonchev–Trinajstić information content (AvgIpc) is 3.34. The van der Waals surface area contributed by atoms with Gasteiger partial charge in [-0.25, -0.2) is 0 Å². The van der Waals surface area contributed by atoms with Gasteiger partial charge in [0.25, 0.3) is 5.91 Å². The van der Waals surface area contributed by atoms with E-state index < -0.39 is 0 Å². The molecule has 7 nitrogen and oxygen atoms in total. The molecule has 1 fully saturated rings. The third-order valence-corrected chi connectivity index (χ3v) is 4.25. The molecule has 24 heavy (non-hydrogen) atoms. The van der Waals surface area contributed by atoms with Crippen molar-refractivity contribution in [2.24, 2.45) is 0 Å². The summed E-state index contributed by atoms with van der Waals surface area (Å²) in [6, 6.07) is 7.48. The molecule has 4 rings (SSSR count). The minimum atomic E-state index is -0.00947. The topological polar surface area (TPSA) is 76.8 Å². The van der Waals surface area contributed by atoms with Crippen LogP contribution in [-0.2, 0) is 0 Å². The number of nitrogens with zero attached hydrogens (tertiary/aromatic N) is 6. The van der Waals surface area contributed by atoms with Crippen LogP contribution in [-0.4, -0.2) is 42.1 Å². The normalized spacial score (nSPS) is 17.2. The van der Waals surface area contributed by atoms with Crippen LogP contribution in [0.5, 0.6) is 0 Å². The zero-order chi connectivity index (χ0) is 16.4. The first kappa shape index (κ1) is 14.5. The van der Waals surface area contributed by atoms with E-state index in [1.165, 1.54) is 0 Å². The molecule has 3 aromatic rings. The van der Waals surface area contributed by atoms with Crippen molar-refractivity contribution in [1.82, 2.24) is 29.6 Å². The summed E-state index contributed by atoms with van der Waals surface area (Å²) in [7, 11) is 0. The van der Waals surface area contributed by atoms with Gasteiger partial charge in [0.05, 0.1) is 17.9 Å². The van der Waals surface area contributed by atoms with Crippen LogP contribution >= 0.6 is 0 Å². The van der Waals surface area contributed by atoms with E-state index in [1.807, 2.05) is 29.2 Å². The van der Waals surface area contributed by atoms with E-state index in [-0.39, 0.29) is 11.9 Å². The van der Waals surface area contributed by atoms with E-state index in [4.69, 9.17) is 0 Å². The molecule has 0 N–H and O–H groups in total. The lowest BCUT2D eigenvalue weighted by atomic mass is 10.1. The number of hydrogen-bond acceptors (Lipinski definition) is 5. The Bertz CT molecular complexity index is 833. The van der Waals surface area contributed by atoms with Gasteiger partial charge in [0, 0.05) is 30.2 Å². The molecule has 3 heterocycles. The molecule has 1 aliphatic heterocycles. The summed E-state index contributed by atoms with van der Waals surface area (Å²) in [4.78, 5) is 23.4. The SMILES string of the molecule is O=C(c1cccc(-n2cnnc2)c1)N1CCC[C@H]1c1cnccn1. The van der Waals surface area contributed by atoms with E-state index in [0.717, 1.165) is 30.8 Å². The predicted octanol–water partition coefficient (Wildman–Crippen LogP) is 2.03. The van der Waals surface area contributed by atoms with E-state index >= 15 is 0 Å². The van der Waals surface area contributed by atoms with Crippen molar-refractivity contribution >= 4 is 5.91 Å². The molecule has 0 bridgehead atoms. The first-order chi connectivity index (χ1) is 11.8. The van der Waals surface area contributed by atoms with Gasteiger partial charge in [-0.15, -0.1) is 10.2 Å². The molecule has 0 radical (unpaired) electrons. The van der Waals surface area contributed by atoms with Crippen molar-refractivity contribution in [3.63, 3.8) is 0 Å². The molecule has 7 heteroatoms. The molecule has 120 valence electrons. The number of likely N-dealkylation sites (tertiary alicyclic amines) is 1. The molecule has 0 spiro atoms. The van der Waals surface area contributed by atoms with Gasteiger partial charge < -0.3 is 4.90 Å². The van der Waals surface area contributed by atoms with Crippen molar-refractivity contribution in [3.05, 3.63) is 66.8 Å². The van der Waals surface area contributed by atoms with E-state index in [0.29, 0.717) is 5.56 Å². The molecule has 0 saturated carbocycles. The van der Waals surface area contributed by atoms with Gasteiger partial charge in [-0.3, -0.25) is 19.3 Å². The zero-order valence-electron chi connectivity index (χ0n) is 13.0. The van der Waals surface area contributed by atoms with Crippen molar-refractivity contribution < 1.29 is 4.79 Å². The maximum atomic E-state index is 13.0. The Morgan fingerprint density at radius 1 is 1.17 bits per heavy atom. The first-order valence-corrected chi connectivity index (χ1v) is 7.85. The lowest BCUT2D eigenvalue weighted by Gasteiger charge is -2.24. The summed E-state index contributed by atoms with van der Waals surface area (Å²) < 4.78 is 1.78. The molecule has 0 aliphatic carbocycles. The molecule has 1 amide bonds. The Balaban J connectivity index is 1.62. The Kier molecular flexibility index (Phi) is 3.74. The fourth-order valence-corrected chi connectivity index (χ4v) is 3.10. The zero-order valence-corrected chi connectivity index (χ0v) is 13.0. The van der Waals surface area contributed by atoms with Crippen molar-refractivity contribution in [2.45, 2.75) is 18.9 Å². The van der Waals surface area contributed by atoms with Gasteiger partial charge in [-0.1, -0.05) is 6.07 Å². The highest BCUT2D eigenvalue weighted by molar-refractivity contribution is 5.95. The highest BCUT2D eigenvalue weighted by Crippen LogP contribution is 2.31. The van der Waals surface area contributed by atoms with Gasteiger partial charge >= 0.3 is 0 Å². The molecule has 1 atom stereocenters. The Morgan fingerprint density at radius 2 is 2.04 bits per heavy atom. The predicted molar refractivity (Wildman–Crippen MR) is 86.4 cm³/mol. The van der Waals surface area contributed by atoms with Crippen LogP contribution in [0, 0.1) is 0 Å². The Hall–Kier alpha value is -3.09. The van der Waals surface area contributed by atoms with Crippen LogP contribution in [0.25, 0.3) is 5.69 Å². The standard InChI is InChI=1S/C17H16N6O/c24-17(13-3-1-4-14(9-13)22-11-20-21-12-22)23-8-2-5-16(23)15-10-18-6-7-19-15/h1,3-4,6-7,9-12,16H,2,5,8H2/t16-/m0/s1. The van der Waals surface area contributed by atoms with Gasteiger partial charge in [-0.2, -0.15) is 0 Å². The van der Waals surface area contributed by atoms with Gasteiger partial charge in [0.2, 0.25) is 0 Å². The van der Waals surface area contributed by atoms with Crippen LogP contribution < -0.4 is 0 Å². The largest absolute Gasteiger partial charge is 0.330 e. The molecule has 1 aromatic carbocycles. The summed E-state index contributed by atoms with van der Waals surface area (Å²) in [6.07, 6.45) is 10.2. The molecular weight excluding hydrogens is 304 g/mol. The summed E-state index contributed by atoms with van der Waals surface area (Å²) >= 11 is 0. The number of aromatic nitrogens is 5. The van der Waals surface area contributed by atoms with Gasteiger partial charge in [0.15, 0.2) is 0 Å². The van der Waals surface area contributed by atoms with E-state index in [2.05, 4.69) is 20.2 Å². The lowest BCUT2D eigenvalue weighted by molar-refractivity contribution is 0.0732. The van der Waals surface area contributed by atoms with E-state index in [9.17, 15) is 4.79 Å². The summed E-state index contributed by atoms with van der Waals surface area (Å²) in [5.74, 6) is 0.0121. The minimum absolute atomic E-state index is 0.00947. The van der Waals surface area contributed by atoms with Gasteiger partial charge in [-0.05, 0) is 31.0 Å². The summed E-state index contributed by atoms with van der Waals surface area (Å²) in [6.45, 7) is 0.733. The Morgan fingerprint density at radius 3 is 2.83 bits per heavy atom. The highest BCUT2D eigenvalue weighted by atomic mass is 16.2. The maximum absolute atomic E-state index is 13.0. The third kappa shape index (κ3) is 2.64. The fraction of sp³-hybridized carbons (Fsp3) is 0.235. The van der Waals surface area contributed by atoms with Crippen molar-refractivity contribution in [1.29, 1.82) is 0 Å². The number of carbonyl (C=O) groups is 1. The van der Waals surface area contributed by atoms with Crippen LogP contribution in [0.15, 0.2) is 55.5 Å². The minimum Gasteiger partial charge on any atom is -0.330 e. The maximum Gasteiger partial charge on any atom is 0.254 e. The lowest BCUT2D eigenvalue weighted by Crippen LogP contribution is -2.31. The molecule has 1 aliphatic rings. The van der Waals surface area contributed by atoms with Crippen molar-refractivity contribution in [3.8, 4) is 5.69 Å². The highest BCUT2D eigenvalue weighted by Gasteiger charge is 2.31. The smallest absolute Gasteiger partial charge is 0.254 e. The van der Waals surface area contributed by atoms with Crippen LogP contribution in [0.3, 0.4) is 0 Å². The number of carbonyl (C=O) groups excluding carboxylic acids is 1. The molecule has 1 saturated heterocycles. The van der Waals surface area contributed by atoms with Gasteiger partial charge in [0.1, 0.15) is 12.7 Å². The molecule has 2 aromatic heterocycles. The monoisotopic (exact) mass is 320 g/mol. The number of rotatable bonds is 3. The summed E-state index contributed by atoms with van der Waals surface area (Å²) in [5, 5.41) is 7.61. The Labute approximate surface area is 139 Å². The fourth-order valence-electron chi connectivity index (χ4n) is 3.10. The molecular formula is C17H16N6O. The molecule has 0 unspecified atom stereocenters. The number of benzene rings is 1. The summed E-state index contributed by atoms with van der Waals surface area (Å²) in [5.41, 5.74) is 2.36. The second-order valence-corrected chi connectivity index (χ2v) is 5.71. The quantitative estimate of drug-likeness (QED) is 0.738. The van der Waals surface area contributed by atoms with Crippen LogP contribution in [0.2, 0.25) is 0 Å². The van der Waals surface area contributed by atoms with Crippen molar-refractivity contribution in [2.75, 3.05) is 6.54 Å². The second-order valence-electron chi connectivity index (χ2n) is 5.71. The third-order valence-electron chi connectivity index (χ3n) is 4.25. The second kappa shape index (κ2) is 6.19. The number of hydrogen-bond donors (Lipinski definition) is 0. The van der Waals surface area contributed by atoms with Crippen LogP contribution in [0.4, 0.5) is 0 Å². The first-order valence-electron chi connectivity index (χ1n) is 7.85. The van der Waals surface area contributed by atoms with Crippen LogP contribution in [0.1, 0.15) is 34.9 Å². The van der Waals surface area contributed by atoms with E-state index in [1.54, 1.807) is 35.8 Å². The number of amides is 1. The average molecular weight is 320 g/mol.